The number of halogens is 2. The van der Waals surface area contributed by atoms with Gasteiger partial charge in [0.15, 0.2) is 0 Å². The molecule has 9 nitrogen and oxygen atoms in total. The Morgan fingerprint density at radius 1 is 1.03 bits per heavy atom. The minimum Gasteiger partial charge on any atom is -0.377 e. The predicted molar refractivity (Wildman–Crippen MR) is 140 cm³/mol. The number of pyridine rings is 2. The number of carbonyl (C=O) groups is 1. The molecule has 0 spiro atoms. The topological polar surface area (TPSA) is 91.1 Å². The van der Waals surface area contributed by atoms with Crippen LogP contribution in [0.3, 0.4) is 0 Å². The van der Waals surface area contributed by atoms with Crippen LogP contribution in [0.25, 0.3) is 0 Å². The summed E-state index contributed by atoms with van der Waals surface area (Å²) in [5.41, 5.74) is 6.73. The Labute approximate surface area is 216 Å². The van der Waals surface area contributed by atoms with Gasteiger partial charge >= 0.3 is 0 Å². The Bertz CT molecular complexity index is 1090. The standard InChI is InChI=1S/C25H33ClFN7O2/c1-17-16-36-11-10-34(17)23-14-20(31-4-2-19(27)3-5-31)13-22(30-23)32-6-8-33(9-7-32)25-21(26)12-18(15-29-25)24(28)35/h12-15,17,19H,2-11,16H2,1H3,(H2,28,35). The molecule has 194 valence electrons. The number of ether oxygens (including phenoxy) is 1. The number of anilines is 4. The van der Waals surface area contributed by atoms with Crippen LogP contribution in [0.5, 0.6) is 0 Å². The van der Waals surface area contributed by atoms with Crippen LogP contribution in [0.2, 0.25) is 5.02 Å². The number of rotatable bonds is 5. The summed E-state index contributed by atoms with van der Waals surface area (Å²) >= 11 is 6.41. The van der Waals surface area contributed by atoms with Crippen molar-refractivity contribution in [3.63, 3.8) is 0 Å². The lowest BCUT2D eigenvalue weighted by Crippen LogP contribution is -2.48. The van der Waals surface area contributed by atoms with Crippen molar-refractivity contribution >= 4 is 40.6 Å². The monoisotopic (exact) mass is 517 g/mol. The SMILES string of the molecule is CC1COCCN1c1cc(N2CCC(F)CC2)cc(N2CCN(c3ncc(C(N)=O)cc3Cl)CC2)n1. The second-order valence-corrected chi connectivity index (χ2v) is 10.1. The molecular formula is C25H33ClFN7O2. The summed E-state index contributed by atoms with van der Waals surface area (Å²) in [6, 6.07) is 6.08. The second kappa shape index (κ2) is 10.6. The molecular weight excluding hydrogens is 485 g/mol. The van der Waals surface area contributed by atoms with E-state index in [9.17, 15) is 9.18 Å². The minimum atomic E-state index is -0.716. The Kier molecular flexibility index (Phi) is 7.34. The second-order valence-electron chi connectivity index (χ2n) is 9.69. The summed E-state index contributed by atoms with van der Waals surface area (Å²) in [6.07, 6.45) is 1.87. The fourth-order valence-electron chi connectivity index (χ4n) is 5.10. The molecule has 3 saturated heterocycles. The minimum absolute atomic E-state index is 0.236. The molecule has 0 radical (unpaired) electrons. The summed E-state index contributed by atoms with van der Waals surface area (Å²) in [5, 5.41) is 0.416. The number of nitrogens with two attached hydrogens (primary N) is 1. The number of hydrogen-bond donors (Lipinski definition) is 1. The Hall–Kier alpha value is -2.85. The maximum absolute atomic E-state index is 13.8. The number of nitrogens with zero attached hydrogens (tertiary/aromatic N) is 6. The van der Waals surface area contributed by atoms with Crippen LogP contribution in [0.1, 0.15) is 30.1 Å². The largest absolute Gasteiger partial charge is 0.377 e. The number of aromatic nitrogens is 2. The van der Waals surface area contributed by atoms with Gasteiger partial charge in [-0.05, 0) is 25.8 Å². The number of piperidine rings is 1. The van der Waals surface area contributed by atoms with Gasteiger partial charge in [-0.25, -0.2) is 14.4 Å². The Morgan fingerprint density at radius 2 is 1.72 bits per heavy atom. The highest BCUT2D eigenvalue weighted by atomic mass is 35.5. The smallest absolute Gasteiger partial charge is 0.250 e. The van der Waals surface area contributed by atoms with Crippen LogP contribution in [0.4, 0.5) is 27.5 Å². The molecule has 36 heavy (non-hydrogen) atoms. The fourth-order valence-corrected chi connectivity index (χ4v) is 5.38. The van der Waals surface area contributed by atoms with E-state index in [-0.39, 0.29) is 6.04 Å². The molecule has 0 saturated carbocycles. The molecule has 2 aromatic heterocycles. The van der Waals surface area contributed by atoms with Crippen LogP contribution in [-0.2, 0) is 4.74 Å². The van der Waals surface area contributed by atoms with Gasteiger partial charge in [0, 0.05) is 69.8 Å². The lowest BCUT2D eigenvalue weighted by Gasteiger charge is -2.39. The van der Waals surface area contributed by atoms with Crippen molar-refractivity contribution in [3.8, 4) is 0 Å². The van der Waals surface area contributed by atoms with Crippen molar-refractivity contribution in [1.29, 1.82) is 0 Å². The number of amides is 1. The third-order valence-corrected chi connectivity index (χ3v) is 7.52. The molecule has 1 unspecified atom stereocenters. The quantitative estimate of drug-likeness (QED) is 0.647. The van der Waals surface area contributed by atoms with Crippen molar-refractivity contribution in [2.75, 3.05) is 78.6 Å². The first kappa shape index (κ1) is 24.8. The Morgan fingerprint density at radius 3 is 2.39 bits per heavy atom. The summed E-state index contributed by atoms with van der Waals surface area (Å²) in [6.45, 7) is 8.65. The average Bonchev–Trinajstić information content (AvgIpc) is 2.89. The fraction of sp³-hybridized carbons (Fsp3) is 0.560. The number of alkyl halides is 1. The summed E-state index contributed by atoms with van der Waals surface area (Å²) in [4.78, 5) is 29.9. The highest BCUT2D eigenvalue weighted by molar-refractivity contribution is 6.33. The lowest BCUT2D eigenvalue weighted by molar-refractivity contribution is 0.0985. The van der Waals surface area contributed by atoms with Crippen LogP contribution in [0.15, 0.2) is 24.4 Å². The van der Waals surface area contributed by atoms with Gasteiger partial charge in [-0.3, -0.25) is 4.79 Å². The van der Waals surface area contributed by atoms with Gasteiger partial charge in [-0.15, -0.1) is 0 Å². The van der Waals surface area contributed by atoms with E-state index in [0.717, 1.165) is 37.0 Å². The van der Waals surface area contributed by atoms with E-state index < -0.39 is 12.1 Å². The number of carbonyl (C=O) groups excluding carboxylic acids is 1. The highest BCUT2D eigenvalue weighted by Gasteiger charge is 2.27. The molecule has 2 N–H and O–H groups in total. The van der Waals surface area contributed by atoms with E-state index in [1.165, 1.54) is 6.20 Å². The normalized spacial score (nSPS) is 21.7. The molecule has 5 rings (SSSR count). The van der Waals surface area contributed by atoms with E-state index in [0.29, 0.717) is 68.6 Å². The number of primary amides is 1. The first-order valence-corrected chi connectivity index (χ1v) is 13.0. The van der Waals surface area contributed by atoms with E-state index in [4.69, 9.17) is 27.1 Å². The first-order valence-electron chi connectivity index (χ1n) is 12.6. The lowest BCUT2D eigenvalue weighted by atomic mass is 10.1. The van der Waals surface area contributed by atoms with Crippen LogP contribution >= 0.6 is 11.6 Å². The third kappa shape index (κ3) is 5.29. The molecule has 3 aliphatic rings. The number of hydrogen-bond acceptors (Lipinski definition) is 8. The van der Waals surface area contributed by atoms with Crippen LogP contribution < -0.4 is 25.3 Å². The van der Waals surface area contributed by atoms with Crippen molar-refractivity contribution in [2.24, 2.45) is 5.73 Å². The first-order chi connectivity index (χ1) is 17.4. The van der Waals surface area contributed by atoms with Gasteiger partial charge < -0.3 is 30.1 Å². The van der Waals surface area contributed by atoms with E-state index in [2.05, 4.69) is 43.6 Å². The van der Waals surface area contributed by atoms with E-state index in [1.807, 2.05) is 0 Å². The zero-order valence-electron chi connectivity index (χ0n) is 20.6. The molecule has 3 fully saturated rings. The number of piperazine rings is 1. The molecule has 3 aliphatic heterocycles. The summed E-state index contributed by atoms with van der Waals surface area (Å²) in [5.74, 6) is 1.97. The van der Waals surface area contributed by atoms with Gasteiger partial charge in [0.05, 0.1) is 29.8 Å². The summed E-state index contributed by atoms with van der Waals surface area (Å²) < 4.78 is 19.5. The van der Waals surface area contributed by atoms with Crippen molar-refractivity contribution in [1.82, 2.24) is 9.97 Å². The van der Waals surface area contributed by atoms with Gasteiger partial charge in [0.25, 0.3) is 0 Å². The molecule has 5 heterocycles. The van der Waals surface area contributed by atoms with E-state index in [1.54, 1.807) is 6.07 Å². The highest BCUT2D eigenvalue weighted by Crippen LogP contribution is 2.32. The molecule has 2 aromatic rings. The molecule has 1 atom stereocenters. The maximum Gasteiger partial charge on any atom is 0.250 e. The number of morpholine rings is 1. The summed E-state index contributed by atoms with van der Waals surface area (Å²) in [7, 11) is 0. The van der Waals surface area contributed by atoms with Crippen molar-refractivity contribution < 1.29 is 13.9 Å². The molecule has 11 heteroatoms. The zero-order valence-corrected chi connectivity index (χ0v) is 21.3. The predicted octanol–water partition coefficient (Wildman–Crippen LogP) is 2.72. The van der Waals surface area contributed by atoms with Gasteiger partial charge in [0.1, 0.15) is 23.6 Å². The molecule has 0 aromatic carbocycles. The van der Waals surface area contributed by atoms with Gasteiger partial charge in [-0.2, -0.15) is 0 Å². The average molecular weight is 518 g/mol. The van der Waals surface area contributed by atoms with Gasteiger partial charge in [0.2, 0.25) is 5.91 Å². The molecule has 0 bridgehead atoms. The van der Waals surface area contributed by atoms with Crippen molar-refractivity contribution in [2.45, 2.75) is 32.0 Å². The van der Waals surface area contributed by atoms with Crippen LogP contribution in [0, 0.1) is 0 Å². The van der Waals surface area contributed by atoms with Gasteiger partial charge in [-0.1, -0.05) is 11.6 Å². The van der Waals surface area contributed by atoms with Crippen LogP contribution in [-0.4, -0.2) is 87.1 Å². The van der Waals surface area contributed by atoms with E-state index >= 15 is 0 Å². The zero-order chi connectivity index (χ0) is 25.2. The Balaban J connectivity index is 1.36. The maximum atomic E-state index is 13.8. The van der Waals surface area contributed by atoms with Crippen molar-refractivity contribution in [3.05, 3.63) is 35.0 Å². The molecule has 1 amide bonds. The molecule has 0 aliphatic carbocycles. The third-order valence-electron chi connectivity index (χ3n) is 7.24.